The van der Waals surface area contributed by atoms with Gasteiger partial charge in [-0.25, -0.2) is 0 Å². The van der Waals surface area contributed by atoms with Gasteiger partial charge in [-0.15, -0.1) is 0 Å². The first-order valence-corrected chi connectivity index (χ1v) is 8.45. The van der Waals surface area contributed by atoms with E-state index in [-0.39, 0.29) is 18.4 Å². The molecule has 2 aliphatic carbocycles. The van der Waals surface area contributed by atoms with E-state index >= 15 is 0 Å². The van der Waals surface area contributed by atoms with Crippen LogP contribution < -0.4 is 0 Å². The van der Waals surface area contributed by atoms with Crippen molar-refractivity contribution in [3.05, 3.63) is 36.0 Å². The second-order valence-corrected chi connectivity index (χ2v) is 6.97. The molecule has 23 heavy (non-hydrogen) atoms. The topological polar surface area (TPSA) is 59.2 Å². The van der Waals surface area contributed by atoms with Crippen molar-refractivity contribution in [2.45, 2.75) is 32.1 Å². The van der Waals surface area contributed by atoms with E-state index in [1.165, 1.54) is 19.3 Å². The van der Waals surface area contributed by atoms with Gasteiger partial charge in [0.2, 0.25) is 5.78 Å². The van der Waals surface area contributed by atoms with Gasteiger partial charge in [0.15, 0.2) is 6.61 Å². The molecule has 4 heteroatoms. The number of rotatable bonds is 5. The first-order valence-electron chi connectivity index (χ1n) is 8.45. The molecule has 3 atom stereocenters. The van der Waals surface area contributed by atoms with E-state index in [2.05, 4.69) is 4.98 Å². The van der Waals surface area contributed by atoms with Crippen LogP contribution in [0.5, 0.6) is 0 Å². The molecule has 1 aromatic carbocycles. The lowest BCUT2D eigenvalue weighted by atomic mass is 9.86. The van der Waals surface area contributed by atoms with Crippen LogP contribution in [0, 0.1) is 17.8 Å². The molecule has 120 valence electrons. The van der Waals surface area contributed by atoms with Gasteiger partial charge in [-0.2, -0.15) is 0 Å². The number of aromatic amines is 1. The van der Waals surface area contributed by atoms with Crippen LogP contribution in [0.1, 0.15) is 42.5 Å². The number of para-hydroxylation sites is 1. The van der Waals surface area contributed by atoms with Crippen LogP contribution in [0.25, 0.3) is 10.9 Å². The van der Waals surface area contributed by atoms with Crippen LogP contribution in [-0.2, 0) is 9.53 Å². The fourth-order valence-electron chi connectivity index (χ4n) is 4.43. The summed E-state index contributed by atoms with van der Waals surface area (Å²) in [6.07, 6.45) is 7.20. The average Bonchev–Trinajstić information content (AvgIpc) is 3.27. The summed E-state index contributed by atoms with van der Waals surface area (Å²) in [7, 11) is 0. The second-order valence-electron chi connectivity index (χ2n) is 6.97. The van der Waals surface area contributed by atoms with Crippen molar-refractivity contribution < 1.29 is 14.3 Å². The number of ketones is 1. The summed E-state index contributed by atoms with van der Waals surface area (Å²) in [5.41, 5.74) is 1.51. The third kappa shape index (κ3) is 2.78. The number of carbonyl (C=O) groups is 2. The minimum atomic E-state index is -0.226. The number of hydrogen-bond acceptors (Lipinski definition) is 3. The van der Waals surface area contributed by atoms with Crippen molar-refractivity contribution in [2.24, 2.45) is 17.8 Å². The molecular weight excluding hydrogens is 290 g/mol. The third-order valence-corrected chi connectivity index (χ3v) is 5.57. The van der Waals surface area contributed by atoms with Crippen molar-refractivity contribution in [3.8, 4) is 0 Å². The summed E-state index contributed by atoms with van der Waals surface area (Å²) in [4.78, 5) is 27.4. The number of H-pyrrole nitrogens is 1. The molecule has 2 saturated carbocycles. The SMILES string of the molecule is O=C(C[C@@H]1C[C@H]2CC[C@@H]1C2)OCC(=O)c1c[nH]c2ccccc12. The van der Waals surface area contributed by atoms with Crippen molar-refractivity contribution in [1.82, 2.24) is 4.98 Å². The van der Waals surface area contributed by atoms with E-state index in [0.29, 0.717) is 23.8 Å². The Hall–Kier alpha value is -2.10. The van der Waals surface area contributed by atoms with Crippen molar-refractivity contribution >= 4 is 22.7 Å². The first-order chi connectivity index (χ1) is 11.2. The molecule has 1 N–H and O–H groups in total. The molecule has 1 aromatic heterocycles. The first kappa shape index (κ1) is 14.5. The number of nitrogens with one attached hydrogen (secondary N) is 1. The molecule has 2 fully saturated rings. The summed E-state index contributed by atoms with van der Waals surface area (Å²) in [6.45, 7) is -0.165. The van der Waals surface area contributed by atoms with Gasteiger partial charge in [-0.1, -0.05) is 24.6 Å². The molecular formula is C19H21NO3. The Labute approximate surface area is 135 Å². The predicted octanol–water partition coefficient (Wildman–Crippen LogP) is 3.72. The van der Waals surface area contributed by atoms with Crippen molar-refractivity contribution in [2.75, 3.05) is 6.61 Å². The smallest absolute Gasteiger partial charge is 0.306 e. The van der Waals surface area contributed by atoms with Gasteiger partial charge in [0.25, 0.3) is 0 Å². The van der Waals surface area contributed by atoms with Crippen LogP contribution in [0.4, 0.5) is 0 Å². The van der Waals surface area contributed by atoms with Gasteiger partial charge in [0, 0.05) is 29.1 Å². The van der Waals surface area contributed by atoms with E-state index < -0.39 is 0 Å². The van der Waals surface area contributed by atoms with Gasteiger partial charge in [-0.05, 0) is 43.1 Å². The summed E-state index contributed by atoms with van der Waals surface area (Å²) >= 11 is 0. The molecule has 2 aromatic rings. The van der Waals surface area contributed by atoms with Gasteiger partial charge in [0.05, 0.1) is 0 Å². The molecule has 4 rings (SSSR count). The second kappa shape index (κ2) is 5.84. The van der Waals surface area contributed by atoms with Crippen molar-refractivity contribution in [3.63, 3.8) is 0 Å². The summed E-state index contributed by atoms with van der Waals surface area (Å²) in [5, 5.41) is 0.877. The van der Waals surface area contributed by atoms with Crippen LogP contribution in [-0.4, -0.2) is 23.3 Å². The number of carbonyl (C=O) groups excluding carboxylic acids is 2. The van der Waals surface area contributed by atoms with Crippen LogP contribution in [0.2, 0.25) is 0 Å². The molecule has 0 unspecified atom stereocenters. The number of esters is 1. The number of benzene rings is 1. The summed E-state index contributed by atoms with van der Waals surface area (Å²) in [5.74, 6) is 1.63. The average molecular weight is 311 g/mol. The maximum Gasteiger partial charge on any atom is 0.306 e. The number of ether oxygens (including phenoxy) is 1. The fourth-order valence-corrected chi connectivity index (χ4v) is 4.43. The Morgan fingerprint density at radius 1 is 1.17 bits per heavy atom. The quantitative estimate of drug-likeness (QED) is 0.676. The van der Waals surface area contributed by atoms with E-state index in [4.69, 9.17) is 4.74 Å². The van der Waals surface area contributed by atoms with E-state index in [0.717, 1.165) is 23.2 Å². The summed E-state index contributed by atoms with van der Waals surface area (Å²) in [6, 6.07) is 7.64. The lowest BCUT2D eigenvalue weighted by molar-refractivity contribution is -0.144. The highest BCUT2D eigenvalue weighted by Crippen LogP contribution is 2.49. The number of fused-ring (bicyclic) bond motifs is 3. The zero-order chi connectivity index (χ0) is 15.8. The molecule has 0 amide bonds. The van der Waals surface area contributed by atoms with Crippen LogP contribution in [0.15, 0.2) is 30.5 Å². The molecule has 0 spiro atoms. The minimum absolute atomic E-state index is 0.149. The number of hydrogen-bond donors (Lipinski definition) is 1. The van der Waals surface area contributed by atoms with Gasteiger partial charge in [0.1, 0.15) is 0 Å². The van der Waals surface area contributed by atoms with Gasteiger partial charge < -0.3 is 9.72 Å². The molecule has 0 radical (unpaired) electrons. The standard InChI is InChI=1S/C19H21NO3/c21-18(16-10-20-17-4-2-1-3-15(16)17)11-23-19(22)9-14-8-12-5-6-13(14)7-12/h1-4,10,12-14,20H,5-9,11H2/t12-,13+,14-/m0/s1. The molecule has 4 nitrogen and oxygen atoms in total. The minimum Gasteiger partial charge on any atom is -0.457 e. The maximum absolute atomic E-state index is 12.3. The van der Waals surface area contributed by atoms with Gasteiger partial charge >= 0.3 is 5.97 Å². The lowest BCUT2D eigenvalue weighted by Crippen LogP contribution is -2.19. The molecule has 0 saturated heterocycles. The predicted molar refractivity (Wildman–Crippen MR) is 87.1 cm³/mol. The van der Waals surface area contributed by atoms with Crippen LogP contribution in [0.3, 0.4) is 0 Å². The highest BCUT2D eigenvalue weighted by Gasteiger charge is 2.40. The largest absolute Gasteiger partial charge is 0.457 e. The Kier molecular flexibility index (Phi) is 3.68. The number of Topliss-reactive ketones (excluding diaryl/α,β-unsaturated/α-hetero) is 1. The highest BCUT2D eigenvalue weighted by atomic mass is 16.5. The normalized spacial score (nSPS) is 25.8. The lowest BCUT2D eigenvalue weighted by Gasteiger charge is -2.20. The Balaban J connectivity index is 1.33. The van der Waals surface area contributed by atoms with Gasteiger partial charge in [-0.3, -0.25) is 9.59 Å². The fraction of sp³-hybridized carbons (Fsp3) is 0.474. The summed E-state index contributed by atoms with van der Waals surface area (Å²) < 4.78 is 5.24. The molecule has 0 aliphatic heterocycles. The monoisotopic (exact) mass is 311 g/mol. The van der Waals surface area contributed by atoms with E-state index in [9.17, 15) is 9.59 Å². The maximum atomic E-state index is 12.3. The number of aromatic nitrogens is 1. The highest BCUT2D eigenvalue weighted by molar-refractivity contribution is 6.08. The van der Waals surface area contributed by atoms with Crippen molar-refractivity contribution in [1.29, 1.82) is 0 Å². The molecule has 1 heterocycles. The Morgan fingerprint density at radius 2 is 2.04 bits per heavy atom. The molecule has 2 bridgehead atoms. The van der Waals surface area contributed by atoms with E-state index in [1.54, 1.807) is 6.20 Å². The molecule has 2 aliphatic rings. The van der Waals surface area contributed by atoms with Crippen LogP contribution >= 0.6 is 0 Å². The zero-order valence-electron chi connectivity index (χ0n) is 13.1. The van der Waals surface area contributed by atoms with E-state index in [1.807, 2.05) is 24.3 Å². The third-order valence-electron chi connectivity index (χ3n) is 5.57. The Morgan fingerprint density at radius 3 is 2.83 bits per heavy atom. The Bertz CT molecular complexity index is 748. The zero-order valence-corrected chi connectivity index (χ0v) is 13.1.